The summed E-state index contributed by atoms with van der Waals surface area (Å²) in [5, 5.41) is 0. The standard InChI is InChI=1S/C15H15N3O2/c1-18-14(17-12-5-4-8-16-15(12)18)11-7-6-10(19-2)9-13(11)20-3/h4-9H,1-3H3. The Labute approximate surface area is 116 Å². The van der Waals surface area contributed by atoms with Gasteiger partial charge in [-0.05, 0) is 24.3 Å². The van der Waals surface area contributed by atoms with Gasteiger partial charge in [-0.15, -0.1) is 0 Å². The van der Waals surface area contributed by atoms with E-state index < -0.39 is 0 Å². The Morgan fingerprint density at radius 1 is 1.10 bits per heavy atom. The number of rotatable bonds is 3. The molecule has 0 bridgehead atoms. The van der Waals surface area contributed by atoms with Crippen molar-refractivity contribution >= 4 is 11.2 Å². The molecule has 2 heterocycles. The number of benzene rings is 1. The second kappa shape index (κ2) is 4.85. The summed E-state index contributed by atoms with van der Waals surface area (Å²) in [6.07, 6.45) is 1.76. The van der Waals surface area contributed by atoms with Crippen molar-refractivity contribution in [1.29, 1.82) is 0 Å². The Hall–Kier alpha value is -2.56. The van der Waals surface area contributed by atoms with E-state index in [-0.39, 0.29) is 0 Å². The van der Waals surface area contributed by atoms with Gasteiger partial charge in [-0.25, -0.2) is 9.97 Å². The van der Waals surface area contributed by atoms with Crippen molar-refractivity contribution < 1.29 is 9.47 Å². The summed E-state index contributed by atoms with van der Waals surface area (Å²) in [6.45, 7) is 0. The molecule has 0 saturated carbocycles. The monoisotopic (exact) mass is 269 g/mol. The second-order valence-electron chi connectivity index (χ2n) is 4.41. The van der Waals surface area contributed by atoms with Crippen LogP contribution in [-0.4, -0.2) is 28.8 Å². The molecule has 1 aromatic carbocycles. The van der Waals surface area contributed by atoms with Crippen LogP contribution in [0.5, 0.6) is 11.5 Å². The van der Waals surface area contributed by atoms with Crippen molar-refractivity contribution in [1.82, 2.24) is 14.5 Å². The van der Waals surface area contributed by atoms with Gasteiger partial charge in [0.25, 0.3) is 0 Å². The molecule has 0 N–H and O–H groups in total. The van der Waals surface area contributed by atoms with Gasteiger partial charge in [0.15, 0.2) is 5.65 Å². The van der Waals surface area contributed by atoms with E-state index >= 15 is 0 Å². The summed E-state index contributed by atoms with van der Waals surface area (Å²) < 4.78 is 12.6. The molecule has 0 amide bonds. The van der Waals surface area contributed by atoms with Gasteiger partial charge in [0, 0.05) is 19.3 Å². The topological polar surface area (TPSA) is 49.2 Å². The van der Waals surface area contributed by atoms with Crippen LogP contribution in [0.25, 0.3) is 22.6 Å². The molecule has 2 aromatic heterocycles. The number of imidazole rings is 1. The zero-order valence-corrected chi connectivity index (χ0v) is 11.6. The van der Waals surface area contributed by atoms with E-state index in [1.807, 2.05) is 41.9 Å². The van der Waals surface area contributed by atoms with Crippen LogP contribution in [0.4, 0.5) is 0 Å². The van der Waals surface area contributed by atoms with Crippen LogP contribution >= 0.6 is 0 Å². The summed E-state index contributed by atoms with van der Waals surface area (Å²) in [6, 6.07) is 9.51. The highest BCUT2D eigenvalue weighted by molar-refractivity contribution is 5.79. The quantitative estimate of drug-likeness (QED) is 0.733. The van der Waals surface area contributed by atoms with E-state index in [1.54, 1.807) is 20.4 Å². The number of methoxy groups -OCH3 is 2. The van der Waals surface area contributed by atoms with Crippen LogP contribution in [0.1, 0.15) is 0 Å². The van der Waals surface area contributed by atoms with E-state index in [9.17, 15) is 0 Å². The summed E-state index contributed by atoms with van der Waals surface area (Å²) in [4.78, 5) is 8.98. The third-order valence-electron chi connectivity index (χ3n) is 3.28. The fraction of sp³-hybridized carbons (Fsp3) is 0.200. The van der Waals surface area contributed by atoms with E-state index in [0.29, 0.717) is 0 Å². The van der Waals surface area contributed by atoms with Crippen LogP contribution in [0.15, 0.2) is 36.5 Å². The predicted molar refractivity (Wildman–Crippen MR) is 77.0 cm³/mol. The minimum Gasteiger partial charge on any atom is -0.497 e. The van der Waals surface area contributed by atoms with Crippen LogP contribution < -0.4 is 9.47 Å². The largest absolute Gasteiger partial charge is 0.497 e. The van der Waals surface area contributed by atoms with Crippen LogP contribution in [0.3, 0.4) is 0 Å². The summed E-state index contributed by atoms with van der Waals surface area (Å²) in [5.41, 5.74) is 2.62. The Morgan fingerprint density at radius 2 is 1.95 bits per heavy atom. The lowest BCUT2D eigenvalue weighted by atomic mass is 10.2. The molecular weight excluding hydrogens is 254 g/mol. The third kappa shape index (κ3) is 1.87. The molecule has 5 nitrogen and oxygen atoms in total. The van der Waals surface area contributed by atoms with Gasteiger partial charge in [-0.3, -0.25) is 0 Å². The Kier molecular flexibility index (Phi) is 3.02. The SMILES string of the molecule is COc1ccc(-c2nc3cccnc3n2C)c(OC)c1. The first kappa shape index (κ1) is 12.5. The van der Waals surface area contributed by atoms with Gasteiger partial charge in [0.05, 0.1) is 19.8 Å². The lowest BCUT2D eigenvalue weighted by molar-refractivity contribution is 0.395. The van der Waals surface area contributed by atoms with Gasteiger partial charge < -0.3 is 14.0 Å². The van der Waals surface area contributed by atoms with Crippen molar-refractivity contribution in [2.24, 2.45) is 7.05 Å². The summed E-state index contributed by atoms with van der Waals surface area (Å²) >= 11 is 0. The highest BCUT2D eigenvalue weighted by atomic mass is 16.5. The highest BCUT2D eigenvalue weighted by Crippen LogP contribution is 2.33. The molecule has 0 fully saturated rings. The maximum Gasteiger partial charge on any atom is 0.160 e. The number of fused-ring (bicyclic) bond motifs is 1. The molecule has 3 aromatic rings. The van der Waals surface area contributed by atoms with E-state index in [4.69, 9.17) is 9.47 Å². The average Bonchev–Trinajstić information content (AvgIpc) is 2.84. The third-order valence-corrected chi connectivity index (χ3v) is 3.28. The number of aromatic nitrogens is 3. The molecule has 0 atom stereocenters. The molecule has 5 heteroatoms. The van der Waals surface area contributed by atoms with Crippen LogP contribution in [0, 0.1) is 0 Å². The van der Waals surface area contributed by atoms with Crippen LogP contribution in [-0.2, 0) is 7.05 Å². The van der Waals surface area contributed by atoms with Gasteiger partial charge in [0.2, 0.25) is 0 Å². The lowest BCUT2D eigenvalue weighted by Gasteiger charge is -2.10. The normalized spacial score (nSPS) is 10.8. The molecule has 0 spiro atoms. The predicted octanol–water partition coefficient (Wildman–Crippen LogP) is 2.65. The smallest absolute Gasteiger partial charge is 0.160 e. The van der Waals surface area contributed by atoms with E-state index in [1.165, 1.54) is 0 Å². The number of hydrogen-bond acceptors (Lipinski definition) is 4. The van der Waals surface area contributed by atoms with Crippen molar-refractivity contribution in [2.45, 2.75) is 0 Å². The zero-order valence-electron chi connectivity index (χ0n) is 11.6. The molecule has 3 rings (SSSR count). The zero-order chi connectivity index (χ0) is 14.1. The first-order chi connectivity index (χ1) is 9.74. The Bertz CT molecular complexity index is 765. The van der Waals surface area contributed by atoms with E-state index in [2.05, 4.69) is 9.97 Å². The minimum absolute atomic E-state index is 0.725. The first-order valence-electron chi connectivity index (χ1n) is 6.24. The number of aryl methyl sites for hydroxylation is 1. The van der Waals surface area contributed by atoms with Crippen molar-refractivity contribution in [2.75, 3.05) is 14.2 Å². The first-order valence-corrected chi connectivity index (χ1v) is 6.24. The molecule has 0 aliphatic heterocycles. The van der Waals surface area contributed by atoms with E-state index in [0.717, 1.165) is 34.1 Å². The Morgan fingerprint density at radius 3 is 2.65 bits per heavy atom. The van der Waals surface area contributed by atoms with Crippen molar-refractivity contribution in [3.05, 3.63) is 36.5 Å². The summed E-state index contributed by atoms with van der Waals surface area (Å²) in [7, 11) is 5.22. The van der Waals surface area contributed by atoms with Crippen LogP contribution in [0.2, 0.25) is 0 Å². The van der Waals surface area contributed by atoms with Gasteiger partial charge >= 0.3 is 0 Å². The van der Waals surface area contributed by atoms with Gasteiger partial charge in [-0.1, -0.05) is 0 Å². The molecule has 0 unspecified atom stereocenters. The number of nitrogens with zero attached hydrogens (tertiary/aromatic N) is 3. The fourth-order valence-electron chi connectivity index (χ4n) is 2.25. The molecule has 0 saturated heterocycles. The van der Waals surface area contributed by atoms with Gasteiger partial charge in [-0.2, -0.15) is 0 Å². The average molecular weight is 269 g/mol. The highest BCUT2D eigenvalue weighted by Gasteiger charge is 2.15. The molecule has 0 radical (unpaired) electrons. The maximum atomic E-state index is 5.44. The van der Waals surface area contributed by atoms with Crippen molar-refractivity contribution in [3.63, 3.8) is 0 Å². The second-order valence-corrected chi connectivity index (χ2v) is 4.41. The fourth-order valence-corrected chi connectivity index (χ4v) is 2.25. The maximum absolute atomic E-state index is 5.44. The number of pyridine rings is 1. The molecule has 20 heavy (non-hydrogen) atoms. The van der Waals surface area contributed by atoms with Gasteiger partial charge in [0.1, 0.15) is 22.8 Å². The number of hydrogen-bond donors (Lipinski definition) is 0. The molecule has 0 aliphatic rings. The minimum atomic E-state index is 0.725. The lowest BCUT2D eigenvalue weighted by Crippen LogP contribution is -1.97. The molecular formula is C15H15N3O2. The Balaban J connectivity index is 2.22. The van der Waals surface area contributed by atoms with Crippen molar-refractivity contribution in [3.8, 4) is 22.9 Å². The summed E-state index contributed by atoms with van der Waals surface area (Å²) in [5.74, 6) is 2.29. The number of ether oxygens (including phenoxy) is 2. The molecule has 102 valence electrons. The molecule has 0 aliphatic carbocycles.